The Hall–Kier alpha value is -3.01. The van der Waals surface area contributed by atoms with Crippen LogP contribution in [0.1, 0.15) is 75.3 Å². The Morgan fingerprint density at radius 2 is 1.44 bits per heavy atom. The zero-order chi connectivity index (χ0) is 28.3. The van der Waals surface area contributed by atoms with Gasteiger partial charge in [0.1, 0.15) is 0 Å². The Morgan fingerprint density at radius 3 is 1.97 bits per heavy atom. The van der Waals surface area contributed by atoms with E-state index < -0.39 is 5.51 Å². The van der Waals surface area contributed by atoms with E-state index in [4.69, 9.17) is 9.47 Å². The number of unbranched alkanes of at least 4 members (excludes halogenated alkanes) is 9. The summed E-state index contributed by atoms with van der Waals surface area (Å²) in [5.74, 6) is 0.705. The van der Waals surface area contributed by atoms with Gasteiger partial charge in [-0.1, -0.05) is 63.5 Å². The first-order chi connectivity index (χ1) is 18.9. The number of methoxy groups -OCH3 is 1. The van der Waals surface area contributed by atoms with Crippen LogP contribution in [0.3, 0.4) is 0 Å². The SMILES string of the molecule is COc1nc(OCCCCCCCCCCCCOC=O)ccc1/C=C(\C=O)c1ccc(SC(F)(F)F)cc1. The number of carbonyl (C=O) groups is 2. The minimum Gasteiger partial charge on any atom is -0.480 e. The minimum absolute atomic E-state index is 0.0446. The number of pyridine rings is 1. The predicted molar refractivity (Wildman–Crippen MR) is 147 cm³/mol. The molecule has 0 radical (unpaired) electrons. The number of allylic oxidation sites excluding steroid dienone is 1. The van der Waals surface area contributed by atoms with Gasteiger partial charge in [0.25, 0.3) is 6.47 Å². The van der Waals surface area contributed by atoms with Gasteiger partial charge in [0.15, 0.2) is 6.29 Å². The number of aldehydes is 1. The number of nitrogens with zero attached hydrogens (tertiary/aromatic N) is 1. The molecule has 6 nitrogen and oxygen atoms in total. The molecule has 0 spiro atoms. The van der Waals surface area contributed by atoms with Crippen molar-refractivity contribution in [2.75, 3.05) is 20.3 Å². The van der Waals surface area contributed by atoms with Gasteiger partial charge >= 0.3 is 5.51 Å². The molecule has 0 aliphatic heterocycles. The summed E-state index contributed by atoms with van der Waals surface area (Å²) >= 11 is -0.205. The molecule has 1 aromatic carbocycles. The minimum atomic E-state index is -4.37. The Kier molecular flexibility index (Phi) is 15.1. The van der Waals surface area contributed by atoms with Gasteiger partial charge in [0, 0.05) is 22.1 Å². The second-order valence-corrected chi connectivity index (χ2v) is 10.0. The Morgan fingerprint density at radius 1 is 0.846 bits per heavy atom. The van der Waals surface area contributed by atoms with E-state index in [1.165, 1.54) is 63.5 Å². The second kappa shape index (κ2) is 18.3. The third kappa shape index (κ3) is 13.6. The van der Waals surface area contributed by atoms with Crippen molar-refractivity contribution in [3.63, 3.8) is 0 Å². The van der Waals surface area contributed by atoms with Crippen molar-refractivity contribution in [3.8, 4) is 11.8 Å². The highest BCUT2D eigenvalue weighted by Gasteiger charge is 2.29. The summed E-state index contributed by atoms with van der Waals surface area (Å²) in [6, 6.07) is 9.03. The fraction of sp³-hybridized carbons (Fsp3) is 0.483. The number of hydrogen-bond acceptors (Lipinski definition) is 7. The van der Waals surface area contributed by atoms with Crippen LogP contribution < -0.4 is 9.47 Å². The van der Waals surface area contributed by atoms with E-state index in [0.717, 1.165) is 32.1 Å². The summed E-state index contributed by atoms with van der Waals surface area (Å²) in [5.41, 5.74) is -3.05. The molecule has 0 saturated carbocycles. The van der Waals surface area contributed by atoms with Gasteiger partial charge < -0.3 is 14.2 Å². The van der Waals surface area contributed by atoms with Crippen molar-refractivity contribution in [1.82, 2.24) is 4.98 Å². The molecule has 0 atom stereocenters. The molecule has 0 aliphatic rings. The molecular formula is C29H36F3NO5S. The van der Waals surface area contributed by atoms with Crippen LogP contribution in [0.25, 0.3) is 11.6 Å². The number of aromatic nitrogens is 1. The second-order valence-electron chi connectivity index (χ2n) is 8.89. The highest BCUT2D eigenvalue weighted by atomic mass is 32.2. The largest absolute Gasteiger partial charge is 0.480 e. The van der Waals surface area contributed by atoms with E-state index in [-0.39, 0.29) is 28.1 Å². The quantitative estimate of drug-likeness (QED) is 0.0697. The molecule has 1 heterocycles. The Bertz CT molecular complexity index is 1030. The number of benzene rings is 1. The Balaban J connectivity index is 1.74. The number of alkyl halides is 3. The van der Waals surface area contributed by atoms with Crippen molar-refractivity contribution in [2.45, 2.75) is 74.6 Å². The van der Waals surface area contributed by atoms with Gasteiger partial charge in [0.2, 0.25) is 11.8 Å². The normalized spacial score (nSPS) is 11.7. The number of hydrogen-bond donors (Lipinski definition) is 0. The van der Waals surface area contributed by atoms with E-state index in [1.807, 2.05) is 0 Å². The summed E-state index contributed by atoms with van der Waals surface area (Å²) in [6.45, 7) is 1.55. The molecule has 1 aromatic heterocycles. The van der Waals surface area contributed by atoms with Crippen LogP contribution in [0, 0.1) is 0 Å². The van der Waals surface area contributed by atoms with Gasteiger partial charge in [-0.25, -0.2) is 0 Å². The fourth-order valence-electron chi connectivity index (χ4n) is 3.92. The van der Waals surface area contributed by atoms with Crippen LogP contribution in [0.2, 0.25) is 0 Å². The molecule has 214 valence electrons. The van der Waals surface area contributed by atoms with E-state index >= 15 is 0 Å². The van der Waals surface area contributed by atoms with Crippen LogP contribution in [-0.2, 0) is 14.3 Å². The van der Waals surface area contributed by atoms with Crippen LogP contribution in [-0.4, -0.2) is 43.6 Å². The summed E-state index contributed by atoms with van der Waals surface area (Å²) < 4.78 is 53.5. The molecule has 0 aliphatic carbocycles. The summed E-state index contributed by atoms with van der Waals surface area (Å²) in [5, 5.41) is 0. The van der Waals surface area contributed by atoms with E-state index in [9.17, 15) is 22.8 Å². The molecule has 0 amide bonds. The zero-order valence-electron chi connectivity index (χ0n) is 22.2. The third-order valence-corrected chi connectivity index (χ3v) is 6.63. The molecule has 39 heavy (non-hydrogen) atoms. The maximum absolute atomic E-state index is 12.6. The van der Waals surface area contributed by atoms with E-state index in [0.29, 0.717) is 43.0 Å². The zero-order valence-corrected chi connectivity index (χ0v) is 23.0. The summed E-state index contributed by atoms with van der Waals surface area (Å²) in [7, 11) is 1.47. The summed E-state index contributed by atoms with van der Waals surface area (Å²) in [4.78, 5) is 26.2. The van der Waals surface area contributed by atoms with Crippen LogP contribution >= 0.6 is 11.8 Å². The lowest BCUT2D eigenvalue weighted by molar-refractivity contribution is -0.128. The standard InChI is InChI=1S/C29H36F3NO5S/c1-36-28-24(20-25(21-34)23-12-15-26(16-13-23)39-29(30,31)32)14-17-27(33-28)38-19-11-9-7-5-3-2-4-6-8-10-18-37-22-35/h12-17,20-22H,2-11,18-19H2,1H3/b25-20+. The lowest BCUT2D eigenvalue weighted by Gasteiger charge is -2.10. The van der Waals surface area contributed by atoms with Crippen molar-refractivity contribution in [3.05, 3.63) is 47.5 Å². The lowest BCUT2D eigenvalue weighted by Crippen LogP contribution is -2.01. The number of halogens is 3. The molecule has 2 aromatic rings. The molecule has 0 bridgehead atoms. The van der Waals surface area contributed by atoms with Crippen molar-refractivity contribution in [2.24, 2.45) is 0 Å². The topological polar surface area (TPSA) is 74.7 Å². The molecule has 0 fully saturated rings. The maximum atomic E-state index is 12.6. The predicted octanol–water partition coefficient (Wildman–Crippen LogP) is 7.89. The van der Waals surface area contributed by atoms with Gasteiger partial charge in [0.05, 0.1) is 20.3 Å². The Labute approximate surface area is 232 Å². The van der Waals surface area contributed by atoms with Crippen molar-refractivity contribution >= 4 is 36.2 Å². The monoisotopic (exact) mass is 567 g/mol. The van der Waals surface area contributed by atoms with Gasteiger partial charge in [-0.3, -0.25) is 9.59 Å². The molecule has 10 heteroatoms. The summed E-state index contributed by atoms with van der Waals surface area (Å²) in [6.07, 6.45) is 13.4. The molecule has 0 N–H and O–H groups in total. The fourth-order valence-corrected chi connectivity index (χ4v) is 4.46. The van der Waals surface area contributed by atoms with Crippen molar-refractivity contribution < 1.29 is 37.0 Å². The third-order valence-electron chi connectivity index (χ3n) is 5.89. The lowest BCUT2D eigenvalue weighted by atomic mass is 10.0. The van der Waals surface area contributed by atoms with Crippen molar-refractivity contribution in [1.29, 1.82) is 0 Å². The van der Waals surface area contributed by atoms with E-state index in [2.05, 4.69) is 9.72 Å². The van der Waals surface area contributed by atoms with Crippen LogP contribution in [0.5, 0.6) is 11.8 Å². The number of rotatable bonds is 20. The van der Waals surface area contributed by atoms with E-state index in [1.54, 1.807) is 18.2 Å². The number of carbonyl (C=O) groups excluding carboxylic acids is 2. The maximum Gasteiger partial charge on any atom is 0.446 e. The van der Waals surface area contributed by atoms with Gasteiger partial charge in [-0.2, -0.15) is 18.2 Å². The van der Waals surface area contributed by atoms with Gasteiger partial charge in [-0.05, 0) is 54.4 Å². The molecular weight excluding hydrogens is 531 g/mol. The number of thioether (sulfide) groups is 1. The van der Waals surface area contributed by atoms with Crippen LogP contribution in [0.15, 0.2) is 41.3 Å². The average Bonchev–Trinajstić information content (AvgIpc) is 2.92. The highest BCUT2D eigenvalue weighted by Crippen LogP contribution is 2.37. The first kappa shape index (κ1) is 32.2. The highest BCUT2D eigenvalue weighted by molar-refractivity contribution is 8.00. The van der Waals surface area contributed by atoms with Crippen LogP contribution in [0.4, 0.5) is 13.2 Å². The number of ether oxygens (including phenoxy) is 3. The first-order valence-electron chi connectivity index (χ1n) is 13.1. The molecule has 0 saturated heterocycles. The molecule has 0 unspecified atom stereocenters. The van der Waals surface area contributed by atoms with Gasteiger partial charge in [-0.15, -0.1) is 0 Å². The first-order valence-corrected chi connectivity index (χ1v) is 13.9. The average molecular weight is 568 g/mol. The smallest absolute Gasteiger partial charge is 0.446 e. The molecule has 2 rings (SSSR count).